The van der Waals surface area contributed by atoms with E-state index in [0.29, 0.717) is 22.4 Å². The van der Waals surface area contributed by atoms with Gasteiger partial charge in [0.2, 0.25) is 0 Å². The summed E-state index contributed by atoms with van der Waals surface area (Å²) in [4.78, 5) is 16.3. The maximum absolute atomic E-state index is 7.64. The van der Waals surface area contributed by atoms with Gasteiger partial charge in [-0.05, 0) is 164 Å². The van der Waals surface area contributed by atoms with Gasteiger partial charge in [0.25, 0.3) is 0 Å². The van der Waals surface area contributed by atoms with Gasteiger partial charge >= 0.3 is 0 Å². The molecule has 7 heteroatoms. The van der Waals surface area contributed by atoms with Crippen molar-refractivity contribution in [2.45, 2.75) is 182 Å². The lowest BCUT2D eigenvalue weighted by Gasteiger charge is -2.30. The first-order valence-corrected chi connectivity index (χ1v) is 34.1. The number of hydrogen-bond donors (Lipinski definition) is 1. The largest absolute Gasteiger partial charge is 0.396 e. The lowest BCUT2D eigenvalue weighted by atomic mass is 9.80. The Hall–Kier alpha value is -8.26. The van der Waals surface area contributed by atoms with Crippen LogP contribution in [0.15, 0.2) is 198 Å². The Labute approximate surface area is 548 Å². The zero-order valence-corrected chi connectivity index (χ0v) is 57.0. The summed E-state index contributed by atoms with van der Waals surface area (Å²) in [5.41, 5.74) is 26.9. The normalized spacial score (nSPS) is 12.4. The van der Waals surface area contributed by atoms with Gasteiger partial charge in [-0.1, -0.05) is 256 Å². The van der Waals surface area contributed by atoms with E-state index in [4.69, 9.17) is 32.5 Å². The van der Waals surface area contributed by atoms with Gasteiger partial charge in [0.1, 0.15) is 16.7 Å². The molecule has 1 aromatic heterocycles. The van der Waals surface area contributed by atoms with Crippen molar-refractivity contribution < 1.29 is 0 Å². The fourth-order valence-corrected chi connectivity index (χ4v) is 14.1. The van der Waals surface area contributed by atoms with Crippen LogP contribution in [0.5, 0.6) is 0 Å². The minimum Gasteiger partial charge on any atom is -0.396 e. The van der Waals surface area contributed by atoms with Crippen molar-refractivity contribution in [1.82, 2.24) is 9.97 Å². The van der Waals surface area contributed by atoms with Gasteiger partial charge in [0.05, 0.1) is 16.7 Å². The second-order valence-electron chi connectivity index (χ2n) is 28.2. The number of nitrogens with zero attached hydrogens (tertiary/aromatic N) is 5. The van der Waals surface area contributed by atoms with Gasteiger partial charge < -0.3 is 15.5 Å². The summed E-state index contributed by atoms with van der Waals surface area (Å²) in [6.07, 6.45) is 14.1. The lowest BCUT2D eigenvalue weighted by molar-refractivity contribution is 0.458. The van der Waals surface area contributed by atoms with Crippen LogP contribution in [-0.2, 0) is 34.1 Å². The molecule has 2 N–H and O–H groups in total. The van der Waals surface area contributed by atoms with Gasteiger partial charge in [-0.3, -0.25) is 0 Å². The third-order valence-corrected chi connectivity index (χ3v) is 20.1. The van der Waals surface area contributed by atoms with Gasteiger partial charge in [-0.25, -0.2) is 9.97 Å². The molecule has 6 nitrogen and oxygen atoms in total. The van der Waals surface area contributed by atoms with Gasteiger partial charge in [0, 0.05) is 68.4 Å². The first-order valence-electron chi connectivity index (χ1n) is 33.8. The number of nitrogen functional groups attached to an aromatic ring is 1. The van der Waals surface area contributed by atoms with Crippen molar-refractivity contribution in [2.24, 2.45) is 4.36 Å². The highest BCUT2D eigenvalue weighted by Crippen LogP contribution is 2.50. The Balaban J connectivity index is 1.07. The van der Waals surface area contributed by atoms with Crippen molar-refractivity contribution in [3.8, 4) is 22.3 Å². The van der Waals surface area contributed by atoms with E-state index in [1.807, 2.05) is 0 Å². The van der Waals surface area contributed by atoms with Crippen molar-refractivity contribution in [1.29, 1.82) is 0 Å². The summed E-state index contributed by atoms with van der Waals surface area (Å²) in [7, 11) is 0. The van der Waals surface area contributed by atoms with E-state index in [2.05, 4.69) is 287 Å². The van der Waals surface area contributed by atoms with Crippen LogP contribution in [0, 0.1) is 0 Å². The van der Waals surface area contributed by atoms with E-state index in [-0.39, 0.29) is 21.7 Å². The molecule has 11 aromatic rings. The smallest absolute Gasteiger partial charge is 0.111 e. The first kappa shape index (κ1) is 64.3. The molecule has 0 unspecified atom stereocenters. The summed E-state index contributed by atoms with van der Waals surface area (Å²) >= 11 is 5.87. The number of aromatic nitrogens is 2. The number of unbranched alkanes of at least 4 members (excludes halogenated alkanes) is 4. The van der Waals surface area contributed by atoms with Crippen LogP contribution in [0.1, 0.15) is 182 Å². The van der Waals surface area contributed by atoms with Crippen molar-refractivity contribution in [3.05, 3.63) is 216 Å². The van der Waals surface area contributed by atoms with Crippen molar-refractivity contribution >= 4 is 102 Å². The molecule has 0 atom stereocenters. The Morgan fingerprint density at radius 3 is 0.868 bits per heavy atom. The topological polar surface area (TPSA) is 70.6 Å². The average molecular weight is 1220 g/mol. The predicted molar refractivity (Wildman–Crippen MR) is 396 cm³/mol. The Morgan fingerprint density at radius 2 is 0.593 bits per heavy atom. The number of benzene rings is 10. The maximum Gasteiger partial charge on any atom is 0.111 e. The summed E-state index contributed by atoms with van der Waals surface area (Å²) in [6, 6.07) is 71.5. The van der Waals surface area contributed by atoms with Crippen LogP contribution in [0.4, 0.5) is 45.5 Å². The minimum atomic E-state index is 0.0651. The molecular formula is C84H94N6S. The molecule has 0 amide bonds. The molecule has 466 valence electrons. The van der Waals surface area contributed by atoms with Crippen molar-refractivity contribution in [2.75, 3.05) is 15.5 Å². The molecule has 0 spiro atoms. The van der Waals surface area contributed by atoms with Crippen LogP contribution >= 0.6 is 0 Å². The van der Waals surface area contributed by atoms with E-state index in [9.17, 15) is 0 Å². The number of fused-ring (bicyclic) bond motifs is 7. The Morgan fingerprint density at radius 1 is 0.341 bits per heavy atom. The van der Waals surface area contributed by atoms with Crippen molar-refractivity contribution in [3.63, 3.8) is 0 Å². The first-order chi connectivity index (χ1) is 43.8. The molecule has 0 bridgehead atoms. The van der Waals surface area contributed by atoms with E-state index >= 15 is 0 Å². The maximum atomic E-state index is 7.64. The number of rotatable bonds is 25. The molecule has 10 aromatic carbocycles. The molecule has 0 aliphatic heterocycles. The molecule has 0 radical (unpaired) electrons. The second kappa shape index (κ2) is 26.9. The van der Waals surface area contributed by atoms with E-state index in [0.717, 1.165) is 115 Å². The second-order valence-corrected chi connectivity index (χ2v) is 28.4. The molecule has 11 rings (SSSR count). The third kappa shape index (κ3) is 13.0. The Bertz CT molecular complexity index is 4210. The quantitative estimate of drug-likeness (QED) is 0.0349. The summed E-state index contributed by atoms with van der Waals surface area (Å²) in [5.74, 6) is 0. The van der Waals surface area contributed by atoms with E-state index in [1.165, 1.54) is 73.6 Å². The van der Waals surface area contributed by atoms with Gasteiger partial charge in [-0.15, -0.1) is 0 Å². The zero-order valence-electron chi connectivity index (χ0n) is 56.2. The standard InChI is InChI=1S/C84H94N6S/c1-13-17-53-81(5,6)59-33-45-65(46-34-59)89(66-47-35-60(36-48-66)82(7,8)54-18-14-2)63-41-29-57(30-42-63)73-75(85)78(88-91)74(80-79(73)86-76-71-27-23-21-25-69(71)70-26-22-24-28-72(70)77(76)87-80)58-31-43-64(44-32-58)90(67-49-37-61(38-50-67)83(9,10)55-19-15-3)68-51-39-62(40-52-68)84(11,12)56-20-16-4/h21-52H,13-20,53-56,85H2,1-12H3. The molecule has 0 aliphatic rings. The monoisotopic (exact) mass is 1220 g/mol. The predicted octanol–water partition coefficient (Wildman–Crippen LogP) is 25.2. The highest BCUT2D eigenvalue weighted by molar-refractivity contribution is 7.47. The number of hydrogen-bond acceptors (Lipinski definition) is 7. The van der Waals surface area contributed by atoms with Crippen LogP contribution in [0.3, 0.4) is 0 Å². The van der Waals surface area contributed by atoms with Crippen LogP contribution < -0.4 is 15.5 Å². The minimum absolute atomic E-state index is 0.0651. The Kier molecular flexibility index (Phi) is 19.0. The number of anilines is 7. The highest BCUT2D eigenvalue weighted by atomic mass is 32.1. The van der Waals surface area contributed by atoms with Crippen LogP contribution in [-0.4, -0.2) is 9.97 Å². The molecule has 0 fully saturated rings. The molecule has 0 aliphatic carbocycles. The lowest BCUT2D eigenvalue weighted by Crippen LogP contribution is -2.18. The zero-order chi connectivity index (χ0) is 64.2. The highest BCUT2D eigenvalue weighted by Gasteiger charge is 2.29. The summed E-state index contributed by atoms with van der Waals surface area (Å²) in [5, 5.41) is 4.29. The summed E-state index contributed by atoms with van der Waals surface area (Å²) < 4.78 is 4.70. The number of nitrogens with two attached hydrogens (primary N) is 1. The molecule has 0 saturated carbocycles. The molecule has 91 heavy (non-hydrogen) atoms. The molecule has 1 heterocycles. The van der Waals surface area contributed by atoms with E-state index < -0.39 is 0 Å². The third-order valence-electron chi connectivity index (χ3n) is 20.0. The fourth-order valence-electron chi connectivity index (χ4n) is 13.9. The van der Waals surface area contributed by atoms with Crippen LogP contribution in [0.2, 0.25) is 0 Å². The SMILES string of the molecule is CCCCC(C)(C)c1ccc(N(c2ccc(-c3c(N)c(N=S)c(-c4ccc(N(c5ccc(C(C)(C)CCCC)cc5)c5ccc(C(C)(C)CCCC)cc5)cc4)c4nc5c6ccccc6c6ccccc6c5nc34)cc2)c2ccc(C(C)(C)CCCC)cc2)cc1. The molecule has 0 saturated heterocycles. The average Bonchev–Trinajstić information content (AvgIpc) is 0.722. The van der Waals surface area contributed by atoms with Gasteiger partial charge in [-0.2, -0.15) is 4.36 Å². The van der Waals surface area contributed by atoms with Crippen LogP contribution in [0.25, 0.3) is 65.9 Å². The fraction of sp³-hybridized carbons (Fsp3) is 0.333. The summed E-state index contributed by atoms with van der Waals surface area (Å²) in [6.45, 7) is 28.0. The van der Waals surface area contributed by atoms with E-state index in [1.54, 1.807) is 0 Å². The molecular weight excluding hydrogens is 1130 g/mol. The van der Waals surface area contributed by atoms with Gasteiger partial charge in [0.15, 0.2) is 0 Å².